The quantitative estimate of drug-likeness (QED) is 0.551. The van der Waals surface area contributed by atoms with E-state index in [1.165, 1.54) is 19.2 Å². The molecule has 0 saturated heterocycles. The number of fused-ring (bicyclic) bond motifs is 1. The Morgan fingerprint density at radius 3 is 2.69 bits per heavy atom. The van der Waals surface area contributed by atoms with Gasteiger partial charge in [-0.25, -0.2) is 23.4 Å². The van der Waals surface area contributed by atoms with Gasteiger partial charge in [-0.3, -0.25) is 0 Å². The highest BCUT2D eigenvalue weighted by atomic mass is 19.1. The summed E-state index contributed by atoms with van der Waals surface area (Å²) in [6.07, 6.45) is 2.83. The summed E-state index contributed by atoms with van der Waals surface area (Å²) in [7, 11) is 1.51. The molecule has 0 unspecified atom stereocenters. The van der Waals surface area contributed by atoms with Crippen molar-refractivity contribution < 1.29 is 18.3 Å². The lowest BCUT2D eigenvalue weighted by Crippen LogP contribution is -2.12. The number of hydrogen-bond acceptors (Lipinski definition) is 6. The summed E-state index contributed by atoms with van der Waals surface area (Å²) in [6.45, 7) is 1.77. The van der Waals surface area contributed by atoms with Crippen LogP contribution in [0.1, 0.15) is 18.7 Å². The van der Waals surface area contributed by atoms with Gasteiger partial charge >= 0.3 is 0 Å². The lowest BCUT2D eigenvalue weighted by Gasteiger charge is -2.19. The van der Waals surface area contributed by atoms with Crippen LogP contribution in [0.4, 0.5) is 14.6 Å². The molecular weight excluding hydrogens is 380 g/mol. The summed E-state index contributed by atoms with van der Waals surface area (Å²) in [4.78, 5) is 8.49. The molecule has 0 aliphatic heterocycles. The fraction of sp³-hybridized carbons (Fsp3) is 0.150. The molecule has 4 rings (SSSR count). The smallest absolute Gasteiger partial charge is 0.213 e. The second-order valence-corrected chi connectivity index (χ2v) is 6.30. The molecule has 4 aromatic rings. The molecule has 3 aromatic heterocycles. The first-order chi connectivity index (χ1) is 14.0. The Balaban J connectivity index is 1.75. The van der Waals surface area contributed by atoms with Gasteiger partial charge in [0.05, 0.1) is 12.8 Å². The summed E-state index contributed by atoms with van der Waals surface area (Å²) in [5.74, 6) is -0.928. The van der Waals surface area contributed by atoms with E-state index < -0.39 is 17.7 Å². The first kappa shape index (κ1) is 18.6. The van der Waals surface area contributed by atoms with Crippen molar-refractivity contribution in [3.63, 3.8) is 0 Å². The number of benzene rings is 1. The molecule has 1 aromatic carbocycles. The van der Waals surface area contributed by atoms with Crippen LogP contribution >= 0.6 is 0 Å². The van der Waals surface area contributed by atoms with E-state index in [2.05, 4.69) is 15.1 Å². The zero-order valence-corrected chi connectivity index (χ0v) is 15.6. The Kier molecular flexibility index (Phi) is 4.71. The number of methoxy groups -OCH3 is 1. The Labute approximate surface area is 164 Å². The lowest BCUT2D eigenvalue weighted by atomic mass is 10.2. The van der Waals surface area contributed by atoms with Gasteiger partial charge in [0.25, 0.3) is 0 Å². The van der Waals surface area contributed by atoms with Crippen molar-refractivity contribution in [3.05, 3.63) is 66.1 Å². The first-order valence-corrected chi connectivity index (χ1v) is 8.73. The van der Waals surface area contributed by atoms with E-state index in [1.807, 2.05) is 0 Å². The molecule has 7 nitrogen and oxygen atoms in total. The summed E-state index contributed by atoms with van der Waals surface area (Å²) < 4.78 is 40.4. The van der Waals surface area contributed by atoms with Crippen molar-refractivity contribution in [2.24, 2.45) is 0 Å². The Bertz CT molecular complexity index is 1180. The average Bonchev–Trinajstić information content (AvgIpc) is 3.23. The molecule has 0 aliphatic rings. The van der Waals surface area contributed by atoms with Crippen molar-refractivity contribution >= 4 is 16.7 Å². The highest BCUT2D eigenvalue weighted by Gasteiger charge is 2.19. The van der Waals surface area contributed by atoms with Crippen molar-refractivity contribution in [2.75, 3.05) is 12.8 Å². The Hall–Kier alpha value is -3.75. The number of anilines is 1. The van der Waals surface area contributed by atoms with E-state index in [4.69, 9.17) is 15.2 Å². The van der Waals surface area contributed by atoms with Gasteiger partial charge in [-0.1, -0.05) is 0 Å². The van der Waals surface area contributed by atoms with Gasteiger partial charge in [-0.2, -0.15) is 5.10 Å². The summed E-state index contributed by atoms with van der Waals surface area (Å²) in [5, 5.41) is 4.47. The molecule has 0 spiro atoms. The molecule has 2 N–H and O–H groups in total. The van der Waals surface area contributed by atoms with Crippen LogP contribution in [0.3, 0.4) is 0 Å². The zero-order valence-electron chi connectivity index (χ0n) is 15.6. The minimum atomic E-state index is -0.790. The van der Waals surface area contributed by atoms with Crippen LogP contribution < -0.4 is 15.2 Å². The molecule has 0 saturated carbocycles. The maximum absolute atomic E-state index is 13.9. The third kappa shape index (κ3) is 3.54. The number of rotatable bonds is 5. The van der Waals surface area contributed by atoms with E-state index in [-0.39, 0.29) is 22.5 Å². The SMILES string of the molecule is COc1ccc(-n2cccn2)c([C@H](C)Oc2cc3cc(F)cc(F)c3nc2N)n1. The van der Waals surface area contributed by atoms with Gasteiger partial charge < -0.3 is 15.2 Å². The highest BCUT2D eigenvalue weighted by Crippen LogP contribution is 2.32. The number of nitrogens with zero attached hydrogens (tertiary/aromatic N) is 4. The molecule has 0 amide bonds. The molecule has 148 valence electrons. The molecular formula is C20H17F2N5O2. The van der Waals surface area contributed by atoms with Crippen molar-refractivity contribution in [1.29, 1.82) is 0 Å². The van der Waals surface area contributed by atoms with Crippen molar-refractivity contribution in [2.45, 2.75) is 13.0 Å². The van der Waals surface area contributed by atoms with Gasteiger partial charge in [0.2, 0.25) is 5.88 Å². The predicted molar refractivity (Wildman–Crippen MR) is 103 cm³/mol. The number of nitrogen functional groups attached to an aromatic ring is 1. The molecule has 0 fully saturated rings. The van der Waals surface area contributed by atoms with Gasteiger partial charge in [-0.05, 0) is 31.2 Å². The molecule has 0 radical (unpaired) electrons. The van der Waals surface area contributed by atoms with E-state index in [0.717, 1.165) is 6.07 Å². The number of nitrogens with two attached hydrogens (primary N) is 1. The van der Waals surface area contributed by atoms with Crippen LogP contribution in [-0.2, 0) is 0 Å². The van der Waals surface area contributed by atoms with Gasteiger partial charge in [0.1, 0.15) is 23.1 Å². The summed E-state index contributed by atoms with van der Waals surface area (Å²) in [5.41, 5.74) is 7.15. The average molecular weight is 397 g/mol. The van der Waals surface area contributed by atoms with E-state index in [1.54, 1.807) is 42.2 Å². The summed E-state index contributed by atoms with van der Waals surface area (Å²) >= 11 is 0. The third-order valence-corrected chi connectivity index (χ3v) is 4.35. The van der Waals surface area contributed by atoms with Crippen LogP contribution in [0.25, 0.3) is 16.6 Å². The van der Waals surface area contributed by atoms with Gasteiger partial charge in [0.15, 0.2) is 17.4 Å². The Morgan fingerprint density at radius 2 is 1.97 bits per heavy atom. The molecule has 1 atom stereocenters. The molecule has 0 aliphatic carbocycles. The minimum absolute atomic E-state index is 0.0154. The largest absolute Gasteiger partial charge is 0.481 e. The minimum Gasteiger partial charge on any atom is -0.481 e. The maximum atomic E-state index is 13.9. The van der Waals surface area contributed by atoms with E-state index in [0.29, 0.717) is 17.3 Å². The van der Waals surface area contributed by atoms with Gasteiger partial charge in [-0.15, -0.1) is 0 Å². The highest BCUT2D eigenvalue weighted by molar-refractivity contribution is 5.83. The van der Waals surface area contributed by atoms with Crippen molar-refractivity contribution in [3.8, 4) is 17.3 Å². The fourth-order valence-corrected chi connectivity index (χ4v) is 3.01. The number of ether oxygens (including phenoxy) is 2. The molecule has 9 heteroatoms. The summed E-state index contributed by atoms with van der Waals surface area (Å²) in [6, 6.07) is 8.68. The molecule has 0 bridgehead atoms. The number of hydrogen-bond donors (Lipinski definition) is 1. The maximum Gasteiger partial charge on any atom is 0.213 e. The first-order valence-electron chi connectivity index (χ1n) is 8.73. The van der Waals surface area contributed by atoms with Crippen molar-refractivity contribution in [1.82, 2.24) is 19.7 Å². The van der Waals surface area contributed by atoms with Crippen LogP contribution in [0.5, 0.6) is 11.6 Å². The van der Waals surface area contributed by atoms with Crippen LogP contribution in [0.15, 0.2) is 48.8 Å². The van der Waals surface area contributed by atoms with Gasteiger partial charge in [0, 0.05) is 29.9 Å². The number of pyridine rings is 2. The van der Waals surface area contributed by atoms with Crippen LogP contribution in [-0.4, -0.2) is 26.9 Å². The fourth-order valence-electron chi connectivity index (χ4n) is 3.01. The monoisotopic (exact) mass is 397 g/mol. The molecule has 29 heavy (non-hydrogen) atoms. The number of aromatic nitrogens is 4. The molecule has 3 heterocycles. The topological polar surface area (TPSA) is 88.1 Å². The zero-order chi connectivity index (χ0) is 20.5. The van der Waals surface area contributed by atoms with E-state index >= 15 is 0 Å². The normalized spacial score (nSPS) is 12.1. The standard InChI is InChI=1S/C20H17F2N5O2/c1-11(18-15(27-7-3-6-24-27)4-5-17(25-18)28-2)29-16-9-12-8-13(21)10-14(22)19(12)26-20(16)23/h3-11H,1-2H3,(H2,23,26)/t11-/m0/s1. The second kappa shape index (κ2) is 7.34. The predicted octanol–water partition coefficient (Wildman–Crippen LogP) is 3.82. The third-order valence-electron chi connectivity index (χ3n) is 4.35. The second-order valence-electron chi connectivity index (χ2n) is 6.30. The number of halogens is 2. The van der Waals surface area contributed by atoms with Crippen LogP contribution in [0, 0.1) is 11.6 Å². The lowest BCUT2D eigenvalue weighted by molar-refractivity contribution is 0.221. The van der Waals surface area contributed by atoms with E-state index in [9.17, 15) is 8.78 Å². The Morgan fingerprint density at radius 1 is 1.14 bits per heavy atom. The van der Waals surface area contributed by atoms with Crippen LogP contribution in [0.2, 0.25) is 0 Å².